The first-order chi connectivity index (χ1) is 8.59. The molecule has 1 aromatic carbocycles. The van der Waals surface area contributed by atoms with Gasteiger partial charge in [0.1, 0.15) is 5.82 Å². The van der Waals surface area contributed by atoms with Gasteiger partial charge in [-0.25, -0.2) is 4.39 Å². The van der Waals surface area contributed by atoms with E-state index in [1.54, 1.807) is 0 Å². The minimum absolute atomic E-state index is 0. The van der Waals surface area contributed by atoms with Gasteiger partial charge in [-0.3, -0.25) is 0 Å². The fourth-order valence-corrected chi connectivity index (χ4v) is 1.70. The third kappa shape index (κ3) is 2.40. The Morgan fingerprint density at radius 2 is 1.55 bits per heavy atom. The van der Waals surface area contributed by atoms with Crippen LogP contribution in [0.2, 0.25) is 0 Å². The second-order valence-electron chi connectivity index (χ2n) is 3.65. The van der Waals surface area contributed by atoms with Crippen molar-refractivity contribution in [2.75, 3.05) is 0 Å². The van der Waals surface area contributed by atoms with Crippen LogP contribution in [-0.2, 0) is 10.3 Å². The molecule has 0 amide bonds. The zero-order chi connectivity index (χ0) is 14.5. The topological polar surface area (TPSA) is 18.5 Å². The summed E-state index contributed by atoms with van der Waals surface area (Å²) in [4.78, 5) is 0. The van der Waals surface area contributed by atoms with Crippen molar-refractivity contribution < 1.29 is 58.9 Å². The van der Waals surface area contributed by atoms with Crippen molar-refractivity contribution in [1.29, 1.82) is 0 Å². The van der Waals surface area contributed by atoms with Gasteiger partial charge in [0.15, 0.2) is 0 Å². The van der Waals surface area contributed by atoms with E-state index in [0.717, 1.165) is 0 Å². The van der Waals surface area contributed by atoms with Crippen LogP contribution in [0.15, 0.2) is 18.2 Å². The SMILES string of the molecule is Fc1ccc2c(c1)O[B-]OC2(C(F)(F)F)C(F)(F)F.[Li+]. The second kappa shape index (κ2) is 5.17. The third-order valence-electron chi connectivity index (χ3n) is 2.52. The van der Waals surface area contributed by atoms with Gasteiger partial charge < -0.3 is 9.31 Å². The number of benzene rings is 1. The summed E-state index contributed by atoms with van der Waals surface area (Å²) >= 11 is 0. The van der Waals surface area contributed by atoms with Crippen molar-refractivity contribution in [3.05, 3.63) is 29.6 Å². The van der Waals surface area contributed by atoms with E-state index >= 15 is 0 Å². The Hall–Kier alpha value is -0.848. The molecular weight excluding hydrogens is 291 g/mol. The van der Waals surface area contributed by atoms with E-state index in [1.807, 2.05) is 0 Å². The van der Waals surface area contributed by atoms with E-state index < -0.39 is 35.1 Å². The minimum atomic E-state index is -5.79. The van der Waals surface area contributed by atoms with Crippen LogP contribution in [0.5, 0.6) is 5.75 Å². The molecule has 0 bridgehead atoms. The maximum Gasteiger partial charge on any atom is 1.00 e. The zero-order valence-corrected chi connectivity index (χ0v) is 9.77. The van der Waals surface area contributed by atoms with Gasteiger partial charge in [0.2, 0.25) is 5.60 Å². The molecule has 0 saturated carbocycles. The van der Waals surface area contributed by atoms with Crippen molar-refractivity contribution in [1.82, 2.24) is 0 Å². The maximum absolute atomic E-state index is 12.9. The first-order valence-electron chi connectivity index (χ1n) is 4.69. The predicted molar refractivity (Wildman–Crippen MR) is 47.7 cm³/mol. The summed E-state index contributed by atoms with van der Waals surface area (Å²) < 4.78 is 98.1. The Morgan fingerprint density at radius 1 is 1.00 bits per heavy atom. The van der Waals surface area contributed by atoms with Gasteiger partial charge in [0.05, 0.1) is 13.4 Å². The fraction of sp³-hybridized carbons (Fsp3) is 0.333. The minimum Gasteiger partial charge on any atom is -0.741 e. The summed E-state index contributed by atoms with van der Waals surface area (Å²) in [5, 5.41) is 0. The number of hydrogen-bond donors (Lipinski definition) is 0. The zero-order valence-electron chi connectivity index (χ0n) is 9.77. The van der Waals surface area contributed by atoms with E-state index in [1.165, 1.54) is 0 Å². The molecule has 2 rings (SSSR count). The van der Waals surface area contributed by atoms with Crippen molar-refractivity contribution in [3.8, 4) is 5.75 Å². The van der Waals surface area contributed by atoms with Crippen LogP contribution in [-0.4, -0.2) is 20.0 Å². The molecule has 0 N–H and O–H groups in total. The average Bonchev–Trinajstić information content (AvgIpc) is 2.24. The number of halogens is 7. The molecule has 1 aromatic rings. The summed E-state index contributed by atoms with van der Waals surface area (Å²) in [5.74, 6) is -1.94. The molecule has 0 atom stereocenters. The van der Waals surface area contributed by atoms with Gasteiger partial charge in [-0.1, -0.05) is 0 Å². The molecular formula is C9H3BF7LiO2. The van der Waals surface area contributed by atoms with Gasteiger partial charge in [-0.2, -0.15) is 26.3 Å². The van der Waals surface area contributed by atoms with Crippen molar-refractivity contribution in [3.63, 3.8) is 0 Å². The van der Waals surface area contributed by atoms with Gasteiger partial charge >= 0.3 is 31.2 Å². The molecule has 1 aliphatic rings. The molecule has 0 spiro atoms. The van der Waals surface area contributed by atoms with Crippen LogP contribution in [0.3, 0.4) is 0 Å². The monoisotopic (exact) mass is 294 g/mol. The Labute approximate surface area is 120 Å². The van der Waals surface area contributed by atoms with Crippen molar-refractivity contribution in [2.45, 2.75) is 18.0 Å². The summed E-state index contributed by atoms with van der Waals surface area (Å²) in [7, 11) is -0.108. The molecule has 0 unspecified atom stereocenters. The molecule has 0 fully saturated rings. The van der Waals surface area contributed by atoms with Crippen LogP contribution in [0.1, 0.15) is 5.56 Å². The average molecular weight is 294 g/mol. The standard InChI is InChI=1S/C9H3BF7O2.Li/c11-4-1-2-5-6(3-4)18-10-19-7(5,8(12,13)14)9(15,16)17;/h1-3H;/q-1;+1. The third-order valence-corrected chi connectivity index (χ3v) is 2.52. The molecule has 104 valence electrons. The summed E-state index contributed by atoms with van der Waals surface area (Å²) in [5.41, 5.74) is -5.92. The molecule has 1 aliphatic heterocycles. The van der Waals surface area contributed by atoms with Crippen molar-refractivity contribution >= 4 is 7.69 Å². The molecule has 1 heterocycles. The summed E-state index contributed by atoms with van der Waals surface area (Å²) in [6, 6.07) is 1.21. The molecule has 0 aliphatic carbocycles. The van der Waals surface area contributed by atoms with Gasteiger partial charge in [-0.15, -0.1) is 0 Å². The Balaban J connectivity index is 0.00000200. The van der Waals surface area contributed by atoms with Crippen molar-refractivity contribution in [2.24, 2.45) is 0 Å². The van der Waals surface area contributed by atoms with Crippen LogP contribution in [0.4, 0.5) is 30.7 Å². The van der Waals surface area contributed by atoms with Gasteiger partial charge in [0.25, 0.3) is 0 Å². The largest absolute Gasteiger partial charge is 1.00 e. The molecule has 2 nitrogen and oxygen atoms in total. The van der Waals surface area contributed by atoms with E-state index in [2.05, 4.69) is 9.31 Å². The Morgan fingerprint density at radius 3 is 2.05 bits per heavy atom. The first-order valence-corrected chi connectivity index (χ1v) is 4.69. The number of fused-ring (bicyclic) bond motifs is 1. The maximum atomic E-state index is 12.9. The van der Waals surface area contributed by atoms with E-state index in [-0.39, 0.29) is 26.5 Å². The van der Waals surface area contributed by atoms with Gasteiger partial charge in [0, 0.05) is 11.6 Å². The Bertz CT molecular complexity index is 488. The molecule has 0 saturated heterocycles. The molecule has 0 aromatic heterocycles. The van der Waals surface area contributed by atoms with E-state index in [4.69, 9.17) is 0 Å². The second-order valence-corrected chi connectivity index (χ2v) is 3.65. The van der Waals surface area contributed by atoms with E-state index in [0.29, 0.717) is 18.2 Å². The molecule has 2 radical (unpaired) electrons. The van der Waals surface area contributed by atoms with Crippen LogP contribution < -0.4 is 23.5 Å². The predicted octanol–water partition coefficient (Wildman–Crippen LogP) is 0.0928. The summed E-state index contributed by atoms with van der Waals surface area (Å²) in [6.07, 6.45) is -11.6. The van der Waals surface area contributed by atoms with E-state index in [9.17, 15) is 30.7 Å². The first kappa shape index (κ1) is 17.2. The molecule has 11 heteroatoms. The van der Waals surface area contributed by atoms with Gasteiger partial charge in [-0.05, 0) is 12.1 Å². The quantitative estimate of drug-likeness (QED) is 0.499. The van der Waals surface area contributed by atoms with Crippen LogP contribution in [0.25, 0.3) is 0 Å². The number of hydrogen-bond acceptors (Lipinski definition) is 2. The summed E-state index contributed by atoms with van der Waals surface area (Å²) in [6.45, 7) is 0. The number of alkyl halides is 6. The normalized spacial score (nSPS) is 17.8. The van der Waals surface area contributed by atoms with Crippen LogP contribution >= 0.6 is 0 Å². The smallest absolute Gasteiger partial charge is 0.741 e. The number of rotatable bonds is 0. The Kier molecular flexibility index (Phi) is 4.44. The fourth-order valence-electron chi connectivity index (χ4n) is 1.70. The molecule has 20 heavy (non-hydrogen) atoms. The van der Waals surface area contributed by atoms with Crippen LogP contribution in [0, 0.1) is 5.82 Å².